The molecule has 2 N–H and O–H groups in total. The van der Waals surface area contributed by atoms with E-state index in [0.29, 0.717) is 25.2 Å². The lowest BCUT2D eigenvalue weighted by Crippen LogP contribution is -2.18. The Balaban J connectivity index is 1.70. The molecule has 5 rings (SSSR count). The largest absolute Gasteiger partial charge is 0.471 e. The number of carbonyl (C=O) groups excluding carboxylic acids is 1. The number of ether oxygens (including phenoxy) is 2. The van der Waals surface area contributed by atoms with Crippen molar-refractivity contribution < 1.29 is 27.4 Å². The van der Waals surface area contributed by atoms with Crippen molar-refractivity contribution >= 4 is 17.4 Å². The maximum absolute atomic E-state index is 15.3. The Labute approximate surface area is 216 Å². The quantitative estimate of drug-likeness (QED) is 0.368. The number of nitrogens with one attached hydrogen (secondary N) is 2. The summed E-state index contributed by atoms with van der Waals surface area (Å²) < 4.78 is 55.7. The van der Waals surface area contributed by atoms with Crippen LogP contribution in [0, 0.1) is 12.7 Å². The third-order valence-electron chi connectivity index (χ3n) is 6.37. The van der Waals surface area contributed by atoms with Gasteiger partial charge in [-0.1, -0.05) is 0 Å². The molecule has 12 heteroatoms. The molecule has 1 aliphatic rings. The second kappa shape index (κ2) is 10.3. The molecule has 0 aliphatic carbocycles. The lowest BCUT2D eigenvalue weighted by molar-refractivity contribution is 0.0962. The first-order valence-corrected chi connectivity index (χ1v) is 11.9. The molecule has 0 spiro atoms. The zero-order valence-electron chi connectivity index (χ0n) is 20.9. The molecule has 3 aromatic heterocycles. The third kappa shape index (κ3) is 4.62. The van der Waals surface area contributed by atoms with Crippen LogP contribution in [0.1, 0.15) is 34.3 Å². The fourth-order valence-electron chi connectivity index (χ4n) is 4.40. The fraction of sp³-hybridized carbons (Fsp3) is 0.308. The Bertz CT molecular complexity index is 1520. The molecule has 0 bridgehead atoms. The predicted molar refractivity (Wildman–Crippen MR) is 134 cm³/mol. The van der Waals surface area contributed by atoms with Crippen molar-refractivity contribution in [3.8, 4) is 28.1 Å². The number of benzene rings is 1. The minimum absolute atomic E-state index is 0.110. The second-order valence-corrected chi connectivity index (χ2v) is 8.84. The monoisotopic (exact) mass is 526 g/mol. The molecular weight excluding hydrogens is 501 g/mol. The molecular formula is C26H25F3N6O3. The molecule has 1 amide bonds. The number of pyridine rings is 1. The fourth-order valence-corrected chi connectivity index (χ4v) is 4.40. The van der Waals surface area contributed by atoms with E-state index in [1.165, 1.54) is 23.8 Å². The molecule has 1 atom stereocenters. The van der Waals surface area contributed by atoms with Crippen molar-refractivity contribution in [1.29, 1.82) is 0 Å². The molecule has 1 saturated heterocycles. The number of fused-ring (bicyclic) bond motifs is 1. The van der Waals surface area contributed by atoms with E-state index in [0.717, 1.165) is 23.0 Å². The van der Waals surface area contributed by atoms with Gasteiger partial charge in [-0.05, 0) is 30.7 Å². The second-order valence-electron chi connectivity index (χ2n) is 8.84. The van der Waals surface area contributed by atoms with Crippen LogP contribution in [0.2, 0.25) is 0 Å². The number of aryl methyl sites for hydroxylation is 1. The summed E-state index contributed by atoms with van der Waals surface area (Å²) in [6, 6.07) is 3.98. The van der Waals surface area contributed by atoms with Gasteiger partial charge in [-0.2, -0.15) is 10.1 Å². The average molecular weight is 527 g/mol. The van der Waals surface area contributed by atoms with E-state index >= 15 is 4.39 Å². The predicted octanol–water partition coefficient (Wildman–Crippen LogP) is 4.41. The first-order valence-electron chi connectivity index (χ1n) is 11.9. The van der Waals surface area contributed by atoms with Crippen LogP contribution in [0.25, 0.3) is 27.9 Å². The van der Waals surface area contributed by atoms with Gasteiger partial charge in [0.1, 0.15) is 17.7 Å². The number of nitrogens with zero attached hydrogens (tertiary/aromatic N) is 4. The van der Waals surface area contributed by atoms with E-state index in [1.54, 1.807) is 19.4 Å². The number of hydrogen-bond acceptors (Lipinski definition) is 7. The SMILES string of the molecule is CNC(=O)c1cc(-c2cnn3cc(-c4cnc(NC)c(C)c4)c(O[C@H]4CCOC4)nc23)c(F)c(C(F)F)c1. The summed E-state index contributed by atoms with van der Waals surface area (Å²) in [7, 11) is 3.14. The van der Waals surface area contributed by atoms with E-state index in [2.05, 4.69) is 25.7 Å². The van der Waals surface area contributed by atoms with Gasteiger partial charge < -0.3 is 20.1 Å². The Kier molecular flexibility index (Phi) is 6.89. The van der Waals surface area contributed by atoms with Gasteiger partial charge in [-0.25, -0.2) is 22.7 Å². The molecule has 0 saturated carbocycles. The molecule has 1 fully saturated rings. The molecule has 1 aromatic carbocycles. The number of anilines is 1. The maximum Gasteiger partial charge on any atom is 0.266 e. The highest BCUT2D eigenvalue weighted by Crippen LogP contribution is 2.37. The van der Waals surface area contributed by atoms with Crippen LogP contribution >= 0.6 is 0 Å². The van der Waals surface area contributed by atoms with Crippen LogP contribution in [0.3, 0.4) is 0 Å². The van der Waals surface area contributed by atoms with Crippen LogP contribution in [0.4, 0.5) is 19.0 Å². The van der Waals surface area contributed by atoms with Crippen molar-refractivity contribution in [3.05, 3.63) is 59.3 Å². The Morgan fingerprint density at radius 1 is 1.18 bits per heavy atom. The van der Waals surface area contributed by atoms with E-state index in [4.69, 9.17) is 9.47 Å². The molecule has 9 nitrogen and oxygen atoms in total. The van der Waals surface area contributed by atoms with Crippen LogP contribution in [0.5, 0.6) is 5.88 Å². The van der Waals surface area contributed by atoms with Crippen LogP contribution in [-0.4, -0.2) is 58.9 Å². The topological polar surface area (TPSA) is 103 Å². The van der Waals surface area contributed by atoms with Gasteiger partial charge in [0, 0.05) is 55.2 Å². The number of halogens is 3. The van der Waals surface area contributed by atoms with Crippen molar-refractivity contribution in [2.75, 3.05) is 32.6 Å². The first kappa shape index (κ1) is 25.5. The highest BCUT2D eigenvalue weighted by Gasteiger charge is 2.26. The van der Waals surface area contributed by atoms with Crippen LogP contribution in [-0.2, 0) is 4.74 Å². The zero-order valence-corrected chi connectivity index (χ0v) is 20.9. The van der Waals surface area contributed by atoms with E-state index < -0.39 is 23.7 Å². The number of rotatable bonds is 7. The van der Waals surface area contributed by atoms with E-state index in [-0.39, 0.29) is 34.3 Å². The summed E-state index contributed by atoms with van der Waals surface area (Å²) in [4.78, 5) is 21.4. The molecule has 0 radical (unpaired) electrons. The van der Waals surface area contributed by atoms with Gasteiger partial charge in [0.25, 0.3) is 12.3 Å². The smallest absolute Gasteiger partial charge is 0.266 e. The van der Waals surface area contributed by atoms with Gasteiger partial charge in [-0.3, -0.25) is 4.79 Å². The lowest BCUT2D eigenvalue weighted by atomic mass is 10.00. The Morgan fingerprint density at radius 3 is 2.66 bits per heavy atom. The number of alkyl halides is 2. The van der Waals surface area contributed by atoms with E-state index in [9.17, 15) is 13.6 Å². The molecule has 4 heterocycles. The molecule has 38 heavy (non-hydrogen) atoms. The lowest BCUT2D eigenvalue weighted by Gasteiger charge is -2.16. The molecule has 0 unspecified atom stereocenters. The first-order chi connectivity index (χ1) is 18.3. The maximum atomic E-state index is 15.3. The normalized spacial score (nSPS) is 15.3. The van der Waals surface area contributed by atoms with Gasteiger partial charge in [0.15, 0.2) is 5.65 Å². The summed E-state index contributed by atoms with van der Waals surface area (Å²) in [6.07, 6.45) is 1.95. The summed E-state index contributed by atoms with van der Waals surface area (Å²) >= 11 is 0. The van der Waals surface area contributed by atoms with Crippen LogP contribution < -0.4 is 15.4 Å². The highest BCUT2D eigenvalue weighted by atomic mass is 19.3. The van der Waals surface area contributed by atoms with Crippen molar-refractivity contribution in [2.45, 2.75) is 25.9 Å². The molecule has 1 aliphatic heterocycles. The van der Waals surface area contributed by atoms with Crippen molar-refractivity contribution in [1.82, 2.24) is 24.9 Å². The minimum Gasteiger partial charge on any atom is -0.471 e. The summed E-state index contributed by atoms with van der Waals surface area (Å²) in [5.74, 6) is -0.817. The Hall–Kier alpha value is -4.19. The minimum atomic E-state index is -3.13. The number of hydrogen-bond donors (Lipinski definition) is 2. The number of amides is 1. The van der Waals surface area contributed by atoms with Crippen LogP contribution in [0.15, 0.2) is 36.8 Å². The highest BCUT2D eigenvalue weighted by molar-refractivity contribution is 5.96. The number of carbonyl (C=O) groups is 1. The molecule has 198 valence electrons. The van der Waals surface area contributed by atoms with Gasteiger partial charge >= 0.3 is 0 Å². The molecule has 4 aromatic rings. The summed E-state index contributed by atoms with van der Waals surface area (Å²) in [5, 5.41) is 9.71. The third-order valence-corrected chi connectivity index (χ3v) is 6.37. The van der Waals surface area contributed by atoms with Gasteiger partial charge in [0.05, 0.1) is 30.5 Å². The standard InChI is InChI=1S/C26H25F3N6O3/c1-13-6-15(9-32-23(13)30-2)20-11-35-24(34-26(20)38-16-4-5-37-12-16)19(10-33-35)17-7-14(25(36)31-3)8-18(21(17)27)22(28)29/h6-11,16,22H,4-5,12H2,1-3H3,(H,30,32)(H,31,36)/t16-/m0/s1. The van der Waals surface area contributed by atoms with Crippen molar-refractivity contribution in [2.24, 2.45) is 0 Å². The number of aromatic nitrogens is 4. The average Bonchev–Trinajstić information content (AvgIpc) is 3.57. The summed E-state index contributed by atoms with van der Waals surface area (Å²) in [6.45, 7) is 2.84. The zero-order chi connectivity index (χ0) is 27.0. The van der Waals surface area contributed by atoms with Gasteiger partial charge in [0.2, 0.25) is 5.88 Å². The Morgan fingerprint density at radius 2 is 2.00 bits per heavy atom. The van der Waals surface area contributed by atoms with Crippen molar-refractivity contribution in [3.63, 3.8) is 0 Å². The van der Waals surface area contributed by atoms with E-state index in [1.807, 2.05) is 13.0 Å². The summed E-state index contributed by atoms with van der Waals surface area (Å²) in [5.41, 5.74) is 1.29. The van der Waals surface area contributed by atoms with Gasteiger partial charge in [-0.15, -0.1) is 0 Å².